The zero-order chi connectivity index (χ0) is 13.7. The third-order valence-corrected chi connectivity index (χ3v) is 2.81. The van der Waals surface area contributed by atoms with Crippen LogP contribution in [-0.4, -0.2) is 12.6 Å². The number of esters is 1. The maximum atomic E-state index is 14.2. The molecule has 0 radical (unpaired) electrons. The number of alkyl halides is 1. The van der Waals surface area contributed by atoms with Crippen LogP contribution in [0.5, 0.6) is 0 Å². The first-order chi connectivity index (χ1) is 9.24. The number of benzene rings is 2. The molecule has 0 heterocycles. The fourth-order valence-corrected chi connectivity index (χ4v) is 1.94. The molecule has 2 rings (SSSR count). The first kappa shape index (κ1) is 13.3. The molecule has 19 heavy (non-hydrogen) atoms. The molecular weight excluding hydrogens is 243 g/mol. The standard InChI is InChI=1S/C16H15FO2/c1-2-19-16(18)15(17)14-11-7-6-10-13(14)12-8-4-3-5-9-12/h3-11,15H,2H2,1H3. The molecular formula is C16H15FO2. The van der Waals surface area contributed by atoms with Crippen LogP contribution in [0.25, 0.3) is 11.1 Å². The van der Waals surface area contributed by atoms with Crippen LogP contribution in [0.4, 0.5) is 4.39 Å². The van der Waals surface area contributed by atoms with Crippen molar-refractivity contribution in [3.63, 3.8) is 0 Å². The number of hydrogen-bond donors (Lipinski definition) is 0. The van der Waals surface area contributed by atoms with Gasteiger partial charge in [-0.1, -0.05) is 54.6 Å². The molecule has 2 aromatic carbocycles. The molecule has 1 unspecified atom stereocenters. The summed E-state index contributed by atoms with van der Waals surface area (Å²) in [5.74, 6) is -0.842. The fraction of sp³-hybridized carbons (Fsp3) is 0.188. The number of carbonyl (C=O) groups is 1. The molecule has 98 valence electrons. The lowest BCUT2D eigenvalue weighted by atomic mass is 9.97. The van der Waals surface area contributed by atoms with Gasteiger partial charge < -0.3 is 4.74 Å². The molecule has 0 saturated carbocycles. The molecule has 2 aromatic rings. The van der Waals surface area contributed by atoms with Crippen molar-refractivity contribution in [3.05, 3.63) is 60.2 Å². The van der Waals surface area contributed by atoms with Crippen LogP contribution in [0.2, 0.25) is 0 Å². The van der Waals surface area contributed by atoms with Gasteiger partial charge in [-0.2, -0.15) is 0 Å². The van der Waals surface area contributed by atoms with Gasteiger partial charge >= 0.3 is 5.97 Å². The van der Waals surface area contributed by atoms with Crippen molar-refractivity contribution in [3.8, 4) is 11.1 Å². The molecule has 1 atom stereocenters. The second kappa shape index (κ2) is 6.14. The molecule has 2 nitrogen and oxygen atoms in total. The van der Waals surface area contributed by atoms with E-state index in [9.17, 15) is 9.18 Å². The van der Waals surface area contributed by atoms with Crippen LogP contribution in [-0.2, 0) is 9.53 Å². The minimum absolute atomic E-state index is 0.173. The summed E-state index contributed by atoms with van der Waals surface area (Å²) in [6.07, 6.45) is -1.75. The minimum Gasteiger partial charge on any atom is -0.464 e. The number of ether oxygens (including phenoxy) is 1. The Morgan fingerprint density at radius 3 is 2.42 bits per heavy atom. The molecule has 0 aliphatic heterocycles. The highest BCUT2D eigenvalue weighted by Crippen LogP contribution is 2.30. The van der Waals surface area contributed by atoms with Crippen molar-refractivity contribution in [1.29, 1.82) is 0 Å². The summed E-state index contributed by atoms with van der Waals surface area (Å²) >= 11 is 0. The van der Waals surface area contributed by atoms with E-state index in [0.29, 0.717) is 11.1 Å². The van der Waals surface area contributed by atoms with Crippen molar-refractivity contribution >= 4 is 5.97 Å². The molecule has 0 amide bonds. The highest BCUT2D eigenvalue weighted by Gasteiger charge is 2.23. The van der Waals surface area contributed by atoms with E-state index in [-0.39, 0.29) is 6.61 Å². The molecule has 0 aliphatic carbocycles. The molecule has 3 heteroatoms. The second-order valence-corrected chi connectivity index (χ2v) is 4.07. The largest absolute Gasteiger partial charge is 0.464 e. The maximum Gasteiger partial charge on any atom is 0.345 e. The van der Waals surface area contributed by atoms with Crippen molar-refractivity contribution in [2.45, 2.75) is 13.1 Å². The van der Waals surface area contributed by atoms with Crippen molar-refractivity contribution in [2.75, 3.05) is 6.61 Å². The van der Waals surface area contributed by atoms with Gasteiger partial charge in [-0.25, -0.2) is 9.18 Å². The maximum absolute atomic E-state index is 14.2. The summed E-state index contributed by atoms with van der Waals surface area (Å²) in [4.78, 5) is 11.5. The Morgan fingerprint density at radius 2 is 1.74 bits per heavy atom. The summed E-state index contributed by atoms with van der Waals surface area (Å²) in [5, 5.41) is 0. The van der Waals surface area contributed by atoms with E-state index in [1.54, 1.807) is 25.1 Å². The highest BCUT2D eigenvalue weighted by molar-refractivity contribution is 5.81. The Bertz CT molecular complexity index is 552. The van der Waals surface area contributed by atoms with Crippen LogP contribution < -0.4 is 0 Å². The van der Waals surface area contributed by atoms with Gasteiger partial charge in [0.2, 0.25) is 6.17 Å². The second-order valence-electron chi connectivity index (χ2n) is 4.07. The minimum atomic E-state index is -1.75. The third-order valence-electron chi connectivity index (χ3n) is 2.81. The van der Waals surface area contributed by atoms with Gasteiger partial charge in [0.25, 0.3) is 0 Å². The monoisotopic (exact) mass is 258 g/mol. The predicted octanol–water partition coefficient (Wildman–Crippen LogP) is 3.93. The van der Waals surface area contributed by atoms with Crippen LogP contribution in [0, 0.1) is 0 Å². The summed E-state index contributed by atoms with van der Waals surface area (Å²) in [6, 6.07) is 16.4. The average molecular weight is 258 g/mol. The van der Waals surface area contributed by atoms with E-state index >= 15 is 0 Å². The number of rotatable bonds is 4. The Hall–Kier alpha value is -2.16. The van der Waals surface area contributed by atoms with Crippen LogP contribution >= 0.6 is 0 Å². The molecule has 0 bridgehead atoms. The lowest BCUT2D eigenvalue weighted by Gasteiger charge is -2.13. The first-order valence-corrected chi connectivity index (χ1v) is 6.19. The topological polar surface area (TPSA) is 26.3 Å². The van der Waals surface area contributed by atoms with Gasteiger partial charge in [-0.05, 0) is 18.1 Å². The van der Waals surface area contributed by atoms with Crippen molar-refractivity contribution in [2.24, 2.45) is 0 Å². The molecule has 0 aliphatic rings. The van der Waals surface area contributed by atoms with Gasteiger partial charge in [-0.15, -0.1) is 0 Å². The normalized spacial score (nSPS) is 11.9. The van der Waals surface area contributed by atoms with E-state index < -0.39 is 12.1 Å². The number of halogens is 1. The molecule has 0 aromatic heterocycles. The Labute approximate surface area is 111 Å². The molecule has 0 N–H and O–H groups in total. The number of hydrogen-bond acceptors (Lipinski definition) is 2. The zero-order valence-corrected chi connectivity index (χ0v) is 10.7. The third kappa shape index (κ3) is 2.99. The summed E-state index contributed by atoms with van der Waals surface area (Å²) in [6.45, 7) is 1.83. The first-order valence-electron chi connectivity index (χ1n) is 6.19. The van der Waals surface area contributed by atoms with E-state index in [1.807, 2.05) is 36.4 Å². The van der Waals surface area contributed by atoms with Gasteiger partial charge in [0.15, 0.2) is 0 Å². The smallest absolute Gasteiger partial charge is 0.345 e. The molecule has 0 fully saturated rings. The number of carbonyl (C=O) groups excluding carboxylic acids is 1. The highest BCUT2D eigenvalue weighted by atomic mass is 19.1. The Balaban J connectivity index is 2.39. The fourth-order valence-electron chi connectivity index (χ4n) is 1.94. The summed E-state index contributed by atoms with van der Waals surface area (Å²) in [5.41, 5.74) is 1.93. The lowest BCUT2D eigenvalue weighted by Crippen LogP contribution is -2.12. The average Bonchev–Trinajstić information content (AvgIpc) is 2.47. The van der Waals surface area contributed by atoms with Gasteiger partial charge in [0.1, 0.15) is 0 Å². The van der Waals surface area contributed by atoms with Crippen LogP contribution in [0.1, 0.15) is 18.7 Å². The van der Waals surface area contributed by atoms with Crippen molar-refractivity contribution < 1.29 is 13.9 Å². The van der Waals surface area contributed by atoms with E-state index in [2.05, 4.69) is 0 Å². The summed E-state index contributed by atoms with van der Waals surface area (Å²) < 4.78 is 18.9. The van der Waals surface area contributed by atoms with E-state index in [4.69, 9.17) is 4.74 Å². The zero-order valence-electron chi connectivity index (χ0n) is 10.7. The van der Waals surface area contributed by atoms with Crippen molar-refractivity contribution in [1.82, 2.24) is 0 Å². The van der Waals surface area contributed by atoms with Crippen LogP contribution in [0.3, 0.4) is 0 Å². The van der Waals surface area contributed by atoms with Gasteiger partial charge in [-0.3, -0.25) is 0 Å². The SMILES string of the molecule is CCOC(=O)C(F)c1ccccc1-c1ccccc1. The van der Waals surface area contributed by atoms with E-state index in [0.717, 1.165) is 5.56 Å². The Kier molecular flexibility index (Phi) is 4.29. The molecule has 0 saturated heterocycles. The lowest BCUT2D eigenvalue weighted by molar-refractivity contribution is -0.149. The van der Waals surface area contributed by atoms with E-state index in [1.165, 1.54) is 0 Å². The summed E-state index contributed by atoms with van der Waals surface area (Å²) in [7, 11) is 0. The van der Waals surface area contributed by atoms with Crippen LogP contribution in [0.15, 0.2) is 54.6 Å². The Morgan fingerprint density at radius 1 is 1.11 bits per heavy atom. The molecule has 0 spiro atoms. The van der Waals surface area contributed by atoms with Gasteiger partial charge in [0, 0.05) is 5.56 Å². The van der Waals surface area contributed by atoms with Gasteiger partial charge in [0.05, 0.1) is 6.61 Å². The predicted molar refractivity (Wildman–Crippen MR) is 72.4 cm³/mol. The quantitative estimate of drug-likeness (QED) is 0.777.